The van der Waals surface area contributed by atoms with Gasteiger partial charge in [0.25, 0.3) is 0 Å². The van der Waals surface area contributed by atoms with Crippen molar-refractivity contribution < 1.29 is 5.11 Å². The second kappa shape index (κ2) is 7.05. The predicted octanol–water partition coefficient (Wildman–Crippen LogP) is 3.26. The number of hydrogen-bond donors (Lipinski definition) is 2. The van der Waals surface area contributed by atoms with E-state index in [0.29, 0.717) is 6.04 Å². The van der Waals surface area contributed by atoms with Crippen LogP contribution in [0.1, 0.15) is 38.3 Å². The fourth-order valence-electron chi connectivity index (χ4n) is 1.73. The summed E-state index contributed by atoms with van der Waals surface area (Å²) >= 11 is 3.43. The Kier molecular flexibility index (Phi) is 6.03. The maximum Gasteiger partial charge on any atom is 0.0584 e. The third-order valence-corrected chi connectivity index (χ3v) is 3.36. The molecule has 3 heteroatoms. The van der Waals surface area contributed by atoms with E-state index in [1.165, 1.54) is 5.56 Å². The van der Waals surface area contributed by atoms with Crippen LogP contribution in [0, 0.1) is 0 Å². The number of hydrogen-bond acceptors (Lipinski definition) is 2. The summed E-state index contributed by atoms with van der Waals surface area (Å²) in [6.45, 7) is 4.44. The van der Waals surface area contributed by atoms with Crippen molar-refractivity contribution >= 4 is 15.9 Å². The van der Waals surface area contributed by atoms with E-state index in [9.17, 15) is 5.11 Å². The molecule has 90 valence electrons. The van der Waals surface area contributed by atoms with E-state index in [1.54, 1.807) is 0 Å². The van der Waals surface area contributed by atoms with Gasteiger partial charge in [0.15, 0.2) is 0 Å². The molecule has 16 heavy (non-hydrogen) atoms. The molecule has 2 unspecified atom stereocenters. The highest BCUT2D eigenvalue weighted by atomic mass is 79.9. The van der Waals surface area contributed by atoms with Gasteiger partial charge < -0.3 is 10.4 Å². The lowest BCUT2D eigenvalue weighted by Gasteiger charge is -2.23. The molecule has 2 N–H and O–H groups in total. The first-order valence-corrected chi connectivity index (χ1v) is 6.62. The molecule has 0 amide bonds. The lowest BCUT2D eigenvalue weighted by Crippen LogP contribution is -2.34. The Morgan fingerprint density at radius 2 is 1.81 bits per heavy atom. The smallest absolute Gasteiger partial charge is 0.0584 e. The molecule has 2 nitrogen and oxygen atoms in total. The second-order valence-electron chi connectivity index (χ2n) is 3.97. The van der Waals surface area contributed by atoms with Crippen molar-refractivity contribution in [2.75, 3.05) is 6.61 Å². The Balaban J connectivity index is 2.70. The summed E-state index contributed by atoms with van der Waals surface area (Å²) in [6, 6.07) is 8.86. The van der Waals surface area contributed by atoms with Crippen molar-refractivity contribution in [2.45, 2.75) is 38.8 Å². The van der Waals surface area contributed by atoms with Gasteiger partial charge >= 0.3 is 0 Å². The number of nitrogens with one attached hydrogen (secondary N) is 1. The molecule has 0 fully saturated rings. The van der Waals surface area contributed by atoms with Crippen LogP contribution in [0.4, 0.5) is 0 Å². The molecule has 0 aliphatic rings. The van der Waals surface area contributed by atoms with E-state index in [0.717, 1.165) is 17.3 Å². The zero-order valence-electron chi connectivity index (χ0n) is 9.91. The quantitative estimate of drug-likeness (QED) is 0.841. The molecule has 2 atom stereocenters. The Bertz CT molecular complexity index is 295. The molecule has 0 spiro atoms. The first-order valence-electron chi connectivity index (χ1n) is 5.83. The molecular weight excluding hydrogens is 266 g/mol. The van der Waals surface area contributed by atoms with Crippen molar-refractivity contribution in [3.63, 3.8) is 0 Å². The number of rotatable bonds is 6. The maximum atomic E-state index is 9.19. The second-order valence-corrected chi connectivity index (χ2v) is 4.88. The summed E-state index contributed by atoms with van der Waals surface area (Å²) in [7, 11) is 0. The molecule has 1 rings (SSSR count). The highest BCUT2D eigenvalue weighted by Gasteiger charge is 2.13. The van der Waals surface area contributed by atoms with E-state index in [4.69, 9.17) is 0 Å². The van der Waals surface area contributed by atoms with Gasteiger partial charge in [0.05, 0.1) is 6.61 Å². The molecule has 1 aromatic rings. The highest BCUT2D eigenvalue weighted by Crippen LogP contribution is 2.20. The van der Waals surface area contributed by atoms with Crippen LogP contribution in [0.15, 0.2) is 28.7 Å². The van der Waals surface area contributed by atoms with Gasteiger partial charge in [-0.1, -0.05) is 41.9 Å². The van der Waals surface area contributed by atoms with E-state index in [1.807, 2.05) is 0 Å². The number of aliphatic hydroxyl groups excluding tert-OH is 1. The molecule has 0 radical (unpaired) electrons. The van der Waals surface area contributed by atoms with Crippen molar-refractivity contribution in [2.24, 2.45) is 0 Å². The van der Waals surface area contributed by atoms with Gasteiger partial charge in [-0.25, -0.2) is 0 Å². The van der Waals surface area contributed by atoms with Gasteiger partial charge in [0, 0.05) is 16.6 Å². The lowest BCUT2D eigenvalue weighted by atomic mass is 10.0. The average Bonchev–Trinajstić information content (AvgIpc) is 2.32. The zero-order chi connectivity index (χ0) is 12.0. The first-order chi connectivity index (χ1) is 7.71. The number of halogens is 1. The third kappa shape index (κ3) is 3.89. The minimum atomic E-state index is 0.189. The Morgan fingerprint density at radius 3 is 2.25 bits per heavy atom. The van der Waals surface area contributed by atoms with Crippen molar-refractivity contribution in [1.82, 2.24) is 5.32 Å². The van der Waals surface area contributed by atoms with E-state index >= 15 is 0 Å². The monoisotopic (exact) mass is 285 g/mol. The zero-order valence-corrected chi connectivity index (χ0v) is 11.5. The largest absolute Gasteiger partial charge is 0.395 e. The fraction of sp³-hybridized carbons (Fsp3) is 0.538. The predicted molar refractivity (Wildman–Crippen MR) is 71.5 cm³/mol. The molecule has 0 saturated carbocycles. The van der Waals surface area contributed by atoms with Gasteiger partial charge in [0.2, 0.25) is 0 Å². The molecule has 1 aromatic carbocycles. The molecule has 0 aliphatic heterocycles. The van der Waals surface area contributed by atoms with Crippen molar-refractivity contribution in [3.8, 4) is 0 Å². The van der Waals surface area contributed by atoms with Crippen LogP contribution >= 0.6 is 15.9 Å². The van der Waals surface area contributed by atoms with Crippen LogP contribution in [0.5, 0.6) is 0 Å². The summed E-state index contributed by atoms with van der Waals surface area (Å²) in [5.41, 5.74) is 1.28. The number of aliphatic hydroxyl groups is 1. The minimum Gasteiger partial charge on any atom is -0.395 e. The standard InChI is InChI=1S/C13H20BrNO/c1-3-12(9-16)15-13(4-2)10-5-7-11(14)8-6-10/h5-8,12-13,15-16H,3-4,9H2,1-2H3. The molecule has 0 heterocycles. The fourth-order valence-corrected chi connectivity index (χ4v) is 1.99. The number of benzene rings is 1. The SMILES string of the molecule is CCC(CO)NC(CC)c1ccc(Br)cc1. The topological polar surface area (TPSA) is 32.3 Å². The van der Waals surface area contributed by atoms with Gasteiger partial charge in [-0.05, 0) is 30.5 Å². The van der Waals surface area contributed by atoms with Crippen LogP contribution in [-0.2, 0) is 0 Å². The van der Waals surface area contributed by atoms with Gasteiger partial charge in [-0.2, -0.15) is 0 Å². The van der Waals surface area contributed by atoms with Crippen LogP contribution in [0.25, 0.3) is 0 Å². The summed E-state index contributed by atoms with van der Waals surface area (Å²) in [5.74, 6) is 0. The van der Waals surface area contributed by atoms with Gasteiger partial charge in [-0.3, -0.25) is 0 Å². The Hall–Kier alpha value is -0.380. The third-order valence-electron chi connectivity index (χ3n) is 2.83. The first kappa shape index (κ1) is 13.7. The maximum absolute atomic E-state index is 9.19. The molecular formula is C13H20BrNO. The Morgan fingerprint density at radius 1 is 1.19 bits per heavy atom. The molecule has 0 aliphatic carbocycles. The van der Waals surface area contributed by atoms with Gasteiger partial charge in [0.1, 0.15) is 0 Å². The van der Waals surface area contributed by atoms with Gasteiger partial charge in [-0.15, -0.1) is 0 Å². The van der Waals surface area contributed by atoms with E-state index in [2.05, 4.69) is 59.4 Å². The van der Waals surface area contributed by atoms with Crippen LogP contribution in [0.2, 0.25) is 0 Å². The highest BCUT2D eigenvalue weighted by molar-refractivity contribution is 9.10. The molecule has 0 saturated heterocycles. The van der Waals surface area contributed by atoms with Crippen LogP contribution < -0.4 is 5.32 Å². The lowest BCUT2D eigenvalue weighted by molar-refractivity contribution is 0.226. The normalized spacial score (nSPS) is 14.8. The van der Waals surface area contributed by atoms with E-state index < -0.39 is 0 Å². The Labute approximate surface area is 106 Å². The van der Waals surface area contributed by atoms with Crippen molar-refractivity contribution in [1.29, 1.82) is 0 Å². The minimum absolute atomic E-state index is 0.189. The van der Waals surface area contributed by atoms with Crippen LogP contribution in [0.3, 0.4) is 0 Å². The van der Waals surface area contributed by atoms with Crippen molar-refractivity contribution in [3.05, 3.63) is 34.3 Å². The van der Waals surface area contributed by atoms with E-state index in [-0.39, 0.29) is 12.6 Å². The molecule has 0 aromatic heterocycles. The average molecular weight is 286 g/mol. The van der Waals surface area contributed by atoms with Crippen LogP contribution in [-0.4, -0.2) is 17.8 Å². The summed E-state index contributed by atoms with van der Waals surface area (Å²) in [5, 5.41) is 12.7. The summed E-state index contributed by atoms with van der Waals surface area (Å²) in [6.07, 6.45) is 1.97. The summed E-state index contributed by atoms with van der Waals surface area (Å²) < 4.78 is 1.10. The molecule has 0 bridgehead atoms. The summed E-state index contributed by atoms with van der Waals surface area (Å²) in [4.78, 5) is 0.